The van der Waals surface area contributed by atoms with Gasteiger partial charge in [-0.1, -0.05) is 29.8 Å². The molecule has 3 aromatic carbocycles. The van der Waals surface area contributed by atoms with Crippen molar-refractivity contribution in [3.63, 3.8) is 0 Å². The molecule has 1 atom stereocenters. The number of urea groups is 1. The van der Waals surface area contributed by atoms with E-state index in [1.807, 2.05) is 30.3 Å². The molecule has 5 aromatic rings. The molecule has 1 aliphatic carbocycles. The molecule has 4 heterocycles. The molecule has 0 spiro atoms. The smallest absolute Gasteiger partial charge is 0.315 e. The summed E-state index contributed by atoms with van der Waals surface area (Å²) >= 11 is 6.60. The molecule has 1 saturated heterocycles. The van der Waals surface area contributed by atoms with Gasteiger partial charge in [-0.15, -0.1) is 0 Å². The average Bonchev–Trinajstić information content (AvgIpc) is 3.93. The zero-order chi connectivity index (χ0) is 50.9. The number of hydrogen-bond acceptors (Lipinski definition) is 16. The summed E-state index contributed by atoms with van der Waals surface area (Å²) in [4.78, 5) is 89.0. The number of fused-ring (bicyclic) bond motifs is 2. The van der Waals surface area contributed by atoms with Crippen molar-refractivity contribution in [2.45, 2.75) is 56.7 Å². The van der Waals surface area contributed by atoms with E-state index in [0.717, 1.165) is 30.6 Å². The Bertz CT molecular complexity index is 2740. The fourth-order valence-electron chi connectivity index (χ4n) is 8.64. The third kappa shape index (κ3) is 14.2. The van der Waals surface area contributed by atoms with Crippen LogP contribution in [0.2, 0.25) is 5.02 Å². The van der Waals surface area contributed by atoms with E-state index in [1.54, 1.807) is 42.6 Å². The first-order valence-electron chi connectivity index (χ1n) is 24.3. The summed E-state index contributed by atoms with van der Waals surface area (Å²) in [5, 5.41) is 15.6. The number of amides is 6. The second-order valence-corrected chi connectivity index (χ2v) is 17.7. The van der Waals surface area contributed by atoms with Crippen LogP contribution in [0.5, 0.6) is 11.5 Å². The number of hydrogen-bond donors (Lipinski definition) is 6. The second-order valence-electron chi connectivity index (χ2n) is 17.3. The molecule has 6 amide bonds. The van der Waals surface area contributed by atoms with Crippen molar-refractivity contribution in [1.29, 1.82) is 0 Å². The minimum Gasteiger partial charge on any atom is -0.457 e. The van der Waals surface area contributed by atoms with Gasteiger partial charge in [0.05, 0.1) is 93.2 Å². The number of para-hydroxylation sites is 1. The monoisotopic (exact) mass is 1020 g/mol. The first kappa shape index (κ1) is 52.3. The Labute approximate surface area is 425 Å². The molecule has 21 nitrogen and oxygen atoms in total. The maximum absolute atomic E-state index is 13.8. The lowest BCUT2D eigenvalue weighted by molar-refractivity contribution is -0.136. The number of anilines is 2. The van der Waals surface area contributed by atoms with Crippen LogP contribution in [-0.2, 0) is 33.3 Å². The number of aromatic amines is 1. The predicted octanol–water partition coefficient (Wildman–Crippen LogP) is 5.25. The van der Waals surface area contributed by atoms with Crippen LogP contribution in [0.1, 0.15) is 75.2 Å². The van der Waals surface area contributed by atoms with E-state index >= 15 is 0 Å². The van der Waals surface area contributed by atoms with Gasteiger partial charge < -0.3 is 54.7 Å². The summed E-state index contributed by atoms with van der Waals surface area (Å²) in [6.45, 7) is 4.65. The van der Waals surface area contributed by atoms with Crippen LogP contribution in [0.15, 0.2) is 79.3 Å². The zero-order valence-electron chi connectivity index (χ0n) is 40.1. The SMILES string of the molecule is O=C1CCC(N2C(=O)c3ccc(NCCOCCOCCOCCOCCOCCNC(=O)NC4CCC(Nc5ncnc6[nH]cc(C(=O)c7ccc(Oc8ccccc8)cc7Cl)c56)CC4)cc3C2=O)C(=O)N1. The Morgan fingerprint density at radius 3 is 2.03 bits per heavy atom. The highest BCUT2D eigenvalue weighted by atomic mass is 35.5. The lowest BCUT2D eigenvalue weighted by Gasteiger charge is -2.30. The van der Waals surface area contributed by atoms with Crippen molar-refractivity contribution in [2.75, 3.05) is 89.8 Å². The number of nitrogens with zero attached hydrogens (tertiary/aromatic N) is 3. The summed E-state index contributed by atoms with van der Waals surface area (Å²) in [6, 6.07) is 18.0. The van der Waals surface area contributed by atoms with E-state index in [4.69, 9.17) is 40.0 Å². The molecule has 1 unspecified atom stereocenters. The van der Waals surface area contributed by atoms with Crippen LogP contribution in [0, 0.1) is 0 Å². The standard InChI is InChI=1S/C51H58ClN9O12/c52-41-29-36(73-35-4-2-1-3-5-35)11-13-38(41)45(63)40-30-55-46-44(40)47(57-31-56-46)58-32-6-8-33(9-7-32)59-51(67)54-17-19-69-21-23-71-25-27-72-26-24-70-22-20-68-18-16-53-34-10-12-37-39(28-34)50(66)61(49(37)65)42-14-15-43(62)60-48(42)64/h1-5,10-13,28-33,42,53H,6-9,14-27H2,(H2,54,59,67)(H,60,62,64)(H2,55,56,57,58). The Kier molecular flexibility index (Phi) is 18.7. The molecule has 8 rings (SSSR count). The number of piperidine rings is 1. The van der Waals surface area contributed by atoms with Gasteiger partial charge in [-0.05, 0) is 74.6 Å². The molecule has 1 saturated carbocycles. The highest BCUT2D eigenvalue weighted by Gasteiger charge is 2.44. The number of aromatic nitrogens is 3. The number of ether oxygens (including phenoxy) is 6. The first-order chi connectivity index (χ1) is 35.6. The topological polar surface area (TPSA) is 263 Å². The number of carbonyl (C=O) groups is 6. The Morgan fingerprint density at radius 2 is 1.34 bits per heavy atom. The molecule has 2 fully saturated rings. The molecular weight excluding hydrogens is 966 g/mol. The predicted molar refractivity (Wildman–Crippen MR) is 267 cm³/mol. The molecular formula is C51H58ClN9O12. The number of rotatable bonds is 27. The van der Waals surface area contributed by atoms with Gasteiger partial charge in [0.15, 0.2) is 5.78 Å². The Morgan fingerprint density at radius 1 is 0.685 bits per heavy atom. The highest BCUT2D eigenvalue weighted by molar-refractivity contribution is 6.36. The number of H-pyrrole nitrogens is 1. The lowest BCUT2D eigenvalue weighted by atomic mass is 9.91. The van der Waals surface area contributed by atoms with E-state index in [1.165, 1.54) is 6.33 Å². The highest BCUT2D eigenvalue weighted by Crippen LogP contribution is 2.33. The summed E-state index contributed by atoms with van der Waals surface area (Å²) in [7, 11) is 0. The van der Waals surface area contributed by atoms with Crippen molar-refractivity contribution in [3.05, 3.63) is 107 Å². The quantitative estimate of drug-likeness (QED) is 0.0223. The fourth-order valence-corrected chi connectivity index (χ4v) is 8.90. The fraction of sp³-hybridized carbons (Fsp3) is 0.412. The van der Waals surface area contributed by atoms with Gasteiger partial charge in [-0.3, -0.25) is 34.2 Å². The summed E-state index contributed by atoms with van der Waals surface area (Å²) in [5.41, 5.74) is 2.31. The molecule has 0 bridgehead atoms. The van der Waals surface area contributed by atoms with Crippen molar-refractivity contribution in [2.24, 2.45) is 0 Å². The molecule has 3 aliphatic rings. The number of halogens is 1. The normalized spacial score (nSPS) is 17.6. The minimum absolute atomic E-state index is 0.0154. The van der Waals surface area contributed by atoms with E-state index in [-0.39, 0.29) is 52.9 Å². The number of imide groups is 2. The third-order valence-corrected chi connectivity index (χ3v) is 12.6. The Balaban J connectivity index is 0.605. The second kappa shape index (κ2) is 26.1. The number of nitrogens with one attached hydrogen (secondary N) is 6. The maximum atomic E-state index is 13.8. The summed E-state index contributed by atoms with van der Waals surface area (Å²) in [6.07, 6.45) is 6.34. The van der Waals surface area contributed by atoms with Crippen LogP contribution in [0.25, 0.3) is 11.0 Å². The first-order valence-corrected chi connectivity index (χ1v) is 24.7. The molecule has 386 valence electrons. The maximum Gasteiger partial charge on any atom is 0.315 e. The number of ketones is 1. The average molecular weight is 1020 g/mol. The largest absolute Gasteiger partial charge is 0.457 e. The van der Waals surface area contributed by atoms with E-state index in [9.17, 15) is 28.8 Å². The van der Waals surface area contributed by atoms with E-state index in [2.05, 4.69) is 41.5 Å². The third-order valence-electron chi connectivity index (χ3n) is 12.3. The molecule has 0 radical (unpaired) electrons. The van der Waals surface area contributed by atoms with Gasteiger partial charge >= 0.3 is 6.03 Å². The van der Waals surface area contributed by atoms with Gasteiger partial charge in [0.25, 0.3) is 11.8 Å². The molecule has 2 aliphatic heterocycles. The van der Waals surface area contributed by atoms with Gasteiger partial charge in [-0.25, -0.2) is 14.8 Å². The van der Waals surface area contributed by atoms with Gasteiger partial charge in [0.2, 0.25) is 11.8 Å². The van der Waals surface area contributed by atoms with Crippen molar-refractivity contribution >= 4 is 69.6 Å². The van der Waals surface area contributed by atoms with Gasteiger partial charge in [0, 0.05) is 55.1 Å². The van der Waals surface area contributed by atoms with Crippen molar-refractivity contribution < 1.29 is 57.2 Å². The minimum atomic E-state index is -1.01. The van der Waals surface area contributed by atoms with E-state index < -0.39 is 29.7 Å². The van der Waals surface area contributed by atoms with Crippen LogP contribution >= 0.6 is 11.6 Å². The Hall–Kier alpha value is -7.01. The van der Waals surface area contributed by atoms with Gasteiger partial charge in [0.1, 0.15) is 35.3 Å². The molecule has 73 heavy (non-hydrogen) atoms. The van der Waals surface area contributed by atoms with Crippen LogP contribution in [-0.4, -0.2) is 153 Å². The molecule has 6 N–H and O–H groups in total. The van der Waals surface area contributed by atoms with E-state index in [0.29, 0.717) is 124 Å². The van der Waals surface area contributed by atoms with Gasteiger partial charge in [-0.2, -0.15) is 0 Å². The van der Waals surface area contributed by atoms with Crippen molar-refractivity contribution in [1.82, 2.24) is 35.8 Å². The summed E-state index contributed by atoms with van der Waals surface area (Å²) < 4.78 is 33.7. The molecule has 22 heteroatoms. The number of carbonyl (C=O) groups excluding carboxylic acids is 6. The van der Waals surface area contributed by atoms with Crippen molar-refractivity contribution in [3.8, 4) is 11.5 Å². The van der Waals surface area contributed by atoms with Crippen LogP contribution in [0.4, 0.5) is 16.3 Å². The summed E-state index contributed by atoms with van der Waals surface area (Å²) in [5.74, 6) is -0.722. The van der Waals surface area contributed by atoms with Crippen LogP contribution < -0.4 is 31.3 Å². The zero-order valence-corrected chi connectivity index (χ0v) is 40.8. The number of benzene rings is 3. The molecule has 2 aromatic heterocycles. The lowest BCUT2D eigenvalue weighted by Crippen LogP contribution is -2.54. The van der Waals surface area contributed by atoms with Crippen LogP contribution in [0.3, 0.4) is 0 Å².